The molecule has 0 bridgehead atoms. The minimum absolute atomic E-state index is 0. The van der Waals surface area contributed by atoms with Gasteiger partial charge >= 0.3 is 43.7 Å². The van der Waals surface area contributed by atoms with Crippen molar-refractivity contribution >= 4 is 43.7 Å². The molecule has 1 aliphatic rings. The molecule has 0 heterocycles. The molecule has 1 saturated carbocycles. The molecule has 1 unspecified atom stereocenters. The van der Waals surface area contributed by atoms with Gasteiger partial charge in [-0.3, -0.25) is 4.79 Å². The van der Waals surface area contributed by atoms with Crippen molar-refractivity contribution in [2.45, 2.75) is 45.4 Å². The van der Waals surface area contributed by atoms with E-state index in [1.165, 1.54) is 19.3 Å². The molecule has 1 aliphatic carbocycles. The van der Waals surface area contributed by atoms with Gasteiger partial charge in [0, 0.05) is 0 Å². The summed E-state index contributed by atoms with van der Waals surface area (Å²) in [5.41, 5.74) is 0. The Morgan fingerprint density at radius 1 is 1.46 bits per heavy atom. The summed E-state index contributed by atoms with van der Waals surface area (Å²) in [6.45, 7) is 1.98. The van der Waals surface area contributed by atoms with E-state index < -0.39 is 5.97 Å². The van der Waals surface area contributed by atoms with Crippen LogP contribution in [-0.2, 0) is 4.79 Å². The van der Waals surface area contributed by atoms with E-state index >= 15 is 0 Å². The number of carbonyl (C=O) groups is 1. The van der Waals surface area contributed by atoms with E-state index in [0.717, 1.165) is 19.3 Å². The van der Waals surface area contributed by atoms with Gasteiger partial charge in [0.15, 0.2) is 0 Å². The summed E-state index contributed by atoms with van der Waals surface area (Å²) < 4.78 is 0. The molecule has 1 N–H and O–H groups in total. The minimum atomic E-state index is -0.593. The normalized spacial score (nSPS) is 20.4. The Hall–Kier alpha value is 0.730. The first kappa shape index (κ1) is 13.7. The number of hydrogen-bond acceptors (Lipinski definition) is 1. The summed E-state index contributed by atoms with van der Waals surface area (Å²) >= 11 is 0. The fourth-order valence-electron chi connectivity index (χ4n) is 2.25. The van der Waals surface area contributed by atoms with Crippen LogP contribution in [0.25, 0.3) is 0 Å². The number of hydrogen-bond donors (Lipinski definition) is 1. The van der Waals surface area contributed by atoms with Crippen molar-refractivity contribution in [2.24, 2.45) is 11.8 Å². The van der Waals surface area contributed by atoms with Crippen LogP contribution in [0.4, 0.5) is 0 Å². The fourth-order valence-corrected chi connectivity index (χ4v) is 2.25. The third-order valence-electron chi connectivity index (χ3n) is 2.98. The van der Waals surface area contributed by atoms with Crippen molar-refractivity contribution in [3.8, 4) is 0 Å². The van der Waals surface area contributed by atoms with Crippen molar-refractivity contribution in [1.82, 2.24) is 0 Å². The van der Waals surface area contributed by atoms with Crippen LogP contribution in [0.5, 0.6) is 0 Å². The van der Waals surface area contributed by atoms with Crippen molar-refractivity contribution in [3.63, 3.8) is 0 Å². The van der Waals surface area contributed by atoms with Gasteiger partial charge in [-0.25, -0.2) is 0 Å². The maximum atomic E-state index is 10.8. The molecule has 2 nitrogen and oxygen atoms in total. The third kappa shape index (κ3) is 4.18. The summed E-state index contributed by atoms with van der Waals surface area (Å²) in [6.07, 6.45) is 6.81. The van der Waals surface area contributed by atoms with E-state index in [9.17, 15) is 4.79 Å². The largest absolute Gasteiger partial charge is 2.00 e. The summed E-state index contributed by atoms with van der Waals surface area (Å²) in [5.74, 6) is -0.212. The number of carboxylic acids is 1. The van der Waals surface area contributed by atoms with E-state index in [1.807, 2.05) is 6.92 Å². The first-order valence-corrected chi connectivity index (χ1v) is 4.98. The molecular weight excluding hydrogens is 192 g/mol. The molecular formula is C10H20CaO2. The van der Waals surface area contributed by atoms with Crippen LogP contribution >= 0.6 is 0 Å². The molecule has 0 spiro atoms. The molecule has 0 aromatic heterocycles. The van der Waals surface area contributed by atoms with Crippen molar-refractivity contribution in [1.29, 1.82) is 0 Å². The third-order valence-corrected chi connectivity index (χ3v) is 2.98. The summed E-state index contributed by atoms with van der Waals surface area (Å²) in [4.78, 5) is 10.8. The van der Waals surface area contributed by atoms with Crippen molar-refractivity contribution in [3.05, 3.63) is 0 Å². The zero-order valence-electron chi connectivity index (χ0n) is 10.5. The van der Waals surface area contributed by atoms with Crippen molar-refractivity contribution < 1.29 is 12.8 Å². The Morgan fingerprint density at radius 2 is 2.00 bits per heavy atom. The second-order valence-electron chi connectivity index (χ2n) is 3.75. The quantitative estimate of drug-likeness (QED) is 0.730. The van der Waals surface area contributed by atoms with Crippen LogP contribution < -0.4 is 0 Å². The average molecular weight is 212 g/mol. The monoisotopic (exact) mass is 212 g/mol. The SMILES string of the molecule is CCC(C(=O)O)C1CCCCC1.[Ca+2].[H-].[H-]. The van der Waals surface area contributed by atoms with Crippen LogP contribution in [0.15, 0.2) is 0 Å². The Bertz CT molecular complexity index is 162. The van der Waals surface area contributed by atoms with Gasteiger partial charge in [-0.2, -0.15) is 0 Å². The number of aliphatic carboxylic acids is 1. The molecule has 1 rings (SSSR count). The summed E-state index contributed by atoms with van der Waals surface area (Å²) in [6, 6.07) is 0. The van der Waals surface area contributed by atoms with Gasteiger partial charge in [0.25, 0.3) is 0 Å². The molecule has 1 fully saturated rings. The van der Waals surface area contributed by atoms with Crippen LogP contribution in [0.2, 0.25) is 0 Å². The van der Waals surface area contributed by atoms with Crippen molar-refractivity contribution in [2.75, 3.05) is 0 Å². The summed E-state index contributed by atoms with van der Waals surface area (Å²) in [5, 5.41) is 8.93. The number of rotatable bonds is 3. The molecule has 3 heteroatoms. The van der Waals surface area contributed by atoms with Crippen LogP contribution in [-0.4, -0.2) is 48.8 Å². The molecule has 0 saturated heterocycles. The van der Waals surface area contributed by atoms with Gasteiger partial charge in [0.05, 0.1) is 5.92 Å². The minimum Gasteiger partial charge on any atom is -1.00 e. The Balaban J connectivity index is -0.000000480. The maximum Gasteiger partial charge on any atom is 2.00 e. The van der Waals surface area contributed by atoms with Gasteiger partial charge < -0.3 is 7.96 Å². The second kappa shape index (κ2) is 7.08. The topological polar surface area (TPSA) is 37.3 Å². The predicted molar refractivity (Wildman–Crippen MR) is 56.0 cm³/mol. The van der Waals surface area contributed by atoms with Gasteiger partial charge in [-0.15, -0.1) is 0 Å². The molecule has 0 radical (unpaired) electrons. The maximum absolute atomic E-state index is 10.8. The van der Waals surface area contributed by atoms with Gasteiger partial charge in [-0.1, -0.05) is 26.2 Å². The summed E-state index contributed by atoms with van der Waals surface area (Å²) in [7, 11) is 0. The molecule has 74 valence electrons. The van der Waals surface area contributed by atoms with Crippen LogP contribution in [0.3, 0.4) is 0 Å². The van der Waals surface area contributed by atoms with E-state index in [2.05, 4.69) is 0 Å². The Labute approximate surface area is 113 Å². The standard InChI is InChI=1S/C10H18O2.Ca.2H/c1-2-9(10(11)12)8-6-4-3-5-7-8;;;/h8-9H,2-7H2,1H3,(H,11,12);;;/q;+2;2*-1. The molecule has 13 heavy (non-hydrogen) atoms. The molecule has 0 aliphatic heterocycles. The zero-order valence-corrected chi connectivity index (χ0v) is 10.7. The molecule has 0 amide bonds. The zero-order chi connectivity index (χ0) is 8.97. The molecule has 1 atom stereocenters. The first-order valence-electron chi connectivity index (χ1n) is 4.98. The van der Waals surface area contributed by atoms with Crippen LogP contribution in [0, 0.1) is 11.8 Å². The first-order chi connectivity index (χ1) is 5.75. The molecule has 0 aromatic rings. The van der Waals surface area contributed by atoms with Gasteiger partial charge in [0.1, 0.15) is 0 Å². The smallest absolute Gasteiger partial charge is 1.00 e. The molecule has 0 aromatic carbocycles. The average Bonchev–Trinajstić information content (AvgIpc) is 2.07. The number of carboxylic acid groups (broad SMARTS) is 1. The predicted octanol–water partition coefficient (Wildman–Crippen LogP) is 2.52. The van der Waals surface area contributed by atoms with Crippen LogP contribution in [0.1, 0.15) is 48.3 Å². The Kier molecular flexibility index (Phi) is 7.48. The van der Waals surface area contributed by atoms with Gasteiger partial charge in [0.2, 0.25) is 0 Å². The van der Waals surface area contributed by atoms with E-state index in [0.29, 0.717) is 5.92 Å². The van der Waals surface area contributed by atoms with E-state index in [-0.39, 0.29) is 46.5 Å². The second-order valence-corrected chi connectivity index (χ2v) is 3.75. The van der Waals surface area contributed by atoms with E-state index in [4.69, 9.17) is 5.11 Å². The van der Waals surface area contributed by atoms with E-state index in [1.54, 1.807) is 0 Å². The fraction of sp³-hybridized carbons (Fsp3) is 0.900. The van der Waals surface area contributed by atoms with Gasteiger partial charge in [-0.05, 0) is 25.2 Å². The Morgan fingerprint density at radius 3 is 2.38 bits per heavy atom.